The number of ether oxygens (including phenoxy) is 1. The Morgan fingerprint density at radius 2 is 1.59 bits per heavy atom. The van der Waals surface area contributed by atoms with Gasteiger partial charge in [0, 0.05) is 19.6 Å². The van der Waals surface area contributed by atoms with E-state index in [-0.39, 0.29) is 12.4 Å². The predicted octanol–water partition coefficient (Wildman–Crippen LogP) is 0.807. The largest absolute Gasteiger partial charge is 1.00 e. The fourth-order valence-corrected chi connectivity index (χ4v) is 2.75. The molecule has 1 N–H and O–H groups in total. The third kappa shape index (κ3) is 8.99. The molecule has 1 aromatic rings. The van der Waals surface area contributed by atoms with Crippen molar-refractivity contribution in [2.45, 2.75) is 33.8 Å². The maximum atomic E-state index is 10.2. The normalized spacial score (nSPS) is 12.6. The summed E-state index contributed by atoms with van der Waals surface area (Å²) in [4.78, 5) is 2.32. The summed E-state index contributed by atoms with van der Waals surface area (Å²) in [6.45, 7) is 11.8. The van der Waals surface area contributed by atoms with Crippen molar-refractivity contribution in [1.82, 2.24) is 4.90 Å². The molecule has 0 aromatic heterocycles. The Bertz CT molecular complexity index is 405. The first kappa shape index (κ1) is 21.7. The number of aliphatic hydroxyl groups is 1. The Morgan fingerprint density at radius 3 is 2.09 bits per heavy atom. The Kier molecular flexibility index (Phi) is 11.1. The second-order valence-electron chi connectivity index (χ2n) is 6.40. The smallest absolute Gasteiger partial charge is 0.133 e. The Hall–Kier alpha value is -0.290. The van der Waals surface area contributed by atoms with Crippen LogP contribution < -0.4 is 17.1 Å². The molecule has 1 aromatic carbocycles. The monoisotopic (exact) mass is 392 g/mol. The zero-order valence-corrected chi connectivity index (χ0v) is 16.3. The van der Waals surface area contributed by atoms with E-state index in [2.05, 4.69) is 48.5 Å². The molecule has 0 aliphatic rings. The van der Waals surface area contributed by atoms with E-state index in [0.29, 0.717) is 25.0 Å². The van der Waals surface area contributed by atoms with Gasteiger partial charge in [0.15, 0.2) is 0 Å². The van der Waals surface area contributed by atoms with Crippen molar-refractivity contribution in [1.29, 1.82) is 0 Å². The van der Waals surface area contributed by atoms with Crippen molar-refractivity contribution < 1.29 is 22.3 Å². The molecular weight excluding hydrogens is 366 g/mol. The van der Waals surface area contributed by atoms with Crippen LogP contribution >= 0.6 is 15.9 Å². The topological polar surface area (TPSA) is 32.7 Å². The standard InChI is InChI=1S/C17H28BrNO2.ClH/c1-13(2)9-19(10-14(3)4)11-15(20)12-21-17-8-6-5-7-16(17)18;/h5-8,13-15,20H,9-12H2,1-4H3;1H/p-1. The van der Waals surface area contributed by atoms with Gasteiger partial charge >= 0.3 is 0 Å². The van der Waals surface area contributed by atoms with Crippen molar-refractivity contribution in [3.63, 3.8) is 0 Å². The first-order valence-electron chi connectivity index (χ1n) is 7.66. The lowest BCUT2D eigenvalue weighted by atomic mass is 10.1. The van der Waals surface area contributed by atoms with Gasteiger partial charge in [-0.2, -0.15) is 0 Å². The summed E-state index contributed by atoms with van der Waals surface area (Å²) >= 11 is 3.45. The van der Waals surface area contributed by atoms with Crippen molar-refractivity contribution in [3.05, 3.63) is 28.7 Å². The summed E-state index contributed by atoms with van der Waals surface area (Å²) in [6, 6.07) is 7.71. The fraction of sp³-hybridized carbons (Fsp3) is 0.647. The van der Waals surface area contributed by atoms with Crippen molar-refractivity contribution in [3.8, 4) is 5.75 Å². The van der Waals surface area contributed by atoms with Crippen LogP contribution in [0.4, 0.5) is 0 Å². The van der Waals surface area contributed by atoms with E-state index in [4.69, 9.17) is 4.74 Å². The van der Waals surface area contributed by atoms with Crippen LogP contribution in [-0.2, 0) is 0 Å². The lowest BCUT2D eigenvalue weighted by Crippen LogP contribution is -3.00. The molecule has 0 spiro atoms. The fourth-order valence-electron chi connectivity index (χ4n) is 2.35. The second kappa shape index (κ2) is 11.3. The molecule has 0 aliphatic carbocycles. The number of hydrogen-bond acceptors (Lipinski definition) is 3. The van der Waals surface area contributed by atoms with Crippen LogP contribution in [0.25, 0.3) is 0 Å². The summed E-state index contributed by atoms with van der Waals surface area (Å²) in [7, 11) is 0. The summed E-state index contributed by atoms with van der Waals surface area (Å²) in [5.74, 6) is 1.97. The average Bonchev–Trinajstić information content (AvgIpc) is 2.36. The maximum absolute atomic E-state index is 10.2. The highest BCUT2D eigenvalue weighted by molar-refractivity contribution is 9.10. The van der Waals surface area contributed by atoms with Crippen LogP contribution in [0.2, 0.25) is 0 Å². The van der Waals surface area contributed by atoms with E-state index in [1.54, 1.807) is 0 Å². The first-order chi connectivity index (χ1) is 9.88. The highest BCUT2D eigenvalue weighted by atomic mass is 79.9. The van der Waals surface area contributed by atoms with Crippen molar-refractivity contribution in [2.75, 3.05) is 26.2 Å². The van der Waals surface area contributed by atoms with Gasteiger partial charge in [0.1, 0.15) is 18.5 Å². The van der Waals surface area contributed by atoms with Crippen LogP contribution in [-0.4, -0.2) is 42.4 Å². The van der Waals surface area contributed by atoms with Gasteiger partial charge in [-0.3, -0.25) is 0 Å². The number of benzene rings is 1. The Balaban J connectivity index is 0.00000441. The van der Waals surface area contributed by atoms with Crippen molar-refractivity contribution in [2.24, 2.45) is 11.8 Å². The molecule has 0 saturated carbocycles. The quantitative estimate of drug-likeness (QED) is 0.674. The van der Waals surface area contributed by atoms with E-state index in [1.165, 1.54) is 0 Å². The molecule has 1 unspecified atom stereocenters. The van der Waals surface area contributed by atoms with Gasteiger partial charge < -0.3 is 27.2 Å². The molecule has 128 valence electrons. The van der Waals surface area contributed by atoms with Gasteiger partial charge in [-0.25, -0.2) is 0 Å². The molecule has 0 fully saturated rings. The molecule has 3 nitrogen and oxygen atoms in total. The van der Waals surface area contributed by atoms with Crippen LogP contribution in [0.3, 0.4) is 0 Å². The summed E-state index contributed by atoms with van der Waals surface area (Å²) in [6.07, 6.45) is -0.477. The molecular formula is C17H28BrClNO2-. The Labute approximate surface area is 149 Å². The van der Waals surface area contributed by atoms with Gasteiger partial charge in [0.2, 0.25) is 0 Å². The van der Waals surface area contributed by atoms with E-state index in [9.17, 15) is 5.11 Å². The lowest BCUT2D eigenvalue weighted by Gasteiger charge is -2.28. The van der Waals surface area contributed by atoms with Crippen molar-refractivity contribution >= 4 is 15.9 Å². The SMILES string of the molecule is CC(C)CN(CC(C)C)CC(O)COc1ccccc1Br.[Cl-]. The molecule has 0 radical (unpaired) electrons. The number of hydrogen-bond donors (Lipinski definition) is 1. The molecule has 0 saturated heterocycles. The number of nitrogens with zero attached hydrogens (tertiary/aromatic N) is 1. The lowest BCUT2D eigenvalue weighted by molar-refractivity contribution is -0.00000782. The molecule has 22 heavy (non-hydrogen) atoms. The number of para-hydroxylation sites is 1. The molecule has 0 aliphatic heterocycles. The number of aliphatic hydroxyl groups excluding tert-OH is 1. The number of rotatable bonds is 9. The maximum Gasteiger partial charge on any atom is 0.133 e. The van der Waals surface area contributed by atoms with E-state index in [0.717, 1.165) is 23.3 Å². The summed E-state index contributed by atoms with van der Waals surface area (Å²) < 4.78 is 6.60. The van der Waals surface area contributed by atoms with Crippen LogP contribution in [0.15, 0.2) is 28.7 Å². The first-order valence-corrected chi connectivity index (χ1v) is 8.45. The molecule has 5 heteroatoms. The predicted molar refractivity (Wildman–Crippen MR) is 91.8 cm³/mol. The minimum atomic E-state index is -0.477. The van der Waals surface area contributed by atoms with E-state index < -0.39 is 6.10 Å². The van der Waals surface area contributed by atoms with Gasteiger partial charge in [-0.15, -0.1) is 0 Å². The van der Waals surface area contributed by atoms with Crippen LogP contribution in [0.5, 0.6) is 5.75 Å². The third-order valence-corrected chi connectivity index (χ3v) is 3.64. The van der Waals surface area contributed by atoms with Crippen LogP contribution in [0, 0.1) is 11.8 Å². The summed E-state index contributed by atoms with van der Waals surface area (Å²) in [5.41, 5.74) is 0. The second-order valence-corrected chi connectivity index (χ2v) is 7.26. The summed E-state index contributed by atoms with van der Waals surface area (Å²) in [5, 5.41) is 10.2. The van der Waals surface area contributed by atoms with Crippen LogP contribution in [0.1, 0.15) is 27.7 Å². The van der Waals surface area contributed by atoms with Gasteiger partial charge in [0.25, 0.3) is 0 Å². The third-order valence-electron chi connectivity index (χ3n) is 2.98. The zero-order chi connectivity index (χ0) is 15.8. The zero-order valence-electron chi connectivity index (χ0n) is 13.9. The molecule has 0 bridgehead atoms. The minimum absolute atomic E-state index is 0. The highest BCUT2D eigenvalue weighted by Gasteiger charge is 2.15. The van der Waals surface area contributed by atoms with Gasteiger partial charge in [-0.1, -0.05) is 39.8 Å². The molecule has 1 atom stereocenters. The van der Waals surface area contributed by atoms with Gasteiger partial charge in [0.05, 0.1) is 4.47 Å². The number of halogens is 2. The minimum Gasteiger partial charge on any atom is -1.00 e. The average molecular weight is 394 g/mol. The molecule has 0 amide bonds. The highest BCUT2D eigenvalue weighted by Crippen LogP contribution is 2.23. The van der Waals surface area contributed by atoms with Gasteiger partial charge in [-0.05, 0) is 39.9 Å². The molecule has 0 heterocycles. The Morgan fingerprint density at radius 1 is 1.05 bits per heavy atom. The van der Waals surface area contributed by atoms with E-state index >= 15 is 0 Å². The molecule has 1 rings (SSSR count). The van der Waals surface area contributed by atoms with E-state index in [1.807, 2.05) is 24.3 Å².